The summed E-state index contributed by atoms with van der Waals surface area (Å²) in [5.74, 6) is -1.90. The summed E-state index contributed by atoms with van der Waals surface area (Å²) >= 11 is 0. The molecule has 10 heteroatoms. The molecule has 0 aliphatic carbocycles. The number of aromatic amines is 2. The molecule has 0 radical (unpaired) electrons. The summed E-state index contributed by atoms with van der Waals surface area (Å²) in [5, 5.41) is 6.81. The van der Waals surface area contributed by atoms with Crippen LogP contribution in [0.4, 0.5) is 11.4 Å². The standard InChI is InChI=1S/C25H24N4O6/c1-3-34-24(32)20-11-14-9-16(5-7-18(14)28-20)26-22(30)13-23(31)27-17-6-8-19-15(10-17)12-21(29-19)25(33)35-4-2/h5-12,28-29H,3-4,13H2,1-2H3,(H,26,30)(H,27,31). The van der Waals surface area contributed by atoms with Crippen molar-refractivity contribution >= 4 is 56.9 Å². The molecule has 0 fully saturated rings. The van der Waals surface area contributed by atoms with Crippen molar-refractivity contribution in [3.8, 4) is 0 Å². The lowest BCUT2D eigenvalue weighted by Gasteiger charge is -2.07. The van der Waals surface area contributed by atoms with E-state index in [1.807, 2.05) is 0 Å². The molecule has 2 heterocycles. The smallest absolute Gasteiger partial charge is 0.354 e. The van der Waals surface area contributed by atoms with Gasteiger partial charge in [-0.1, -0.05) is 0 Å². The van der Waals surface area contributed by atoms with Crippen LogP contribution in [-0.2, 0) is 19.1 Å². The van der Waals surface area contributed by atoms with Crippen LogP contribution in [0.25, 0.3) is 21.8 Å². The van der Waals surface area contributed by atoms with Crippen LogP contribution in [0.1, 0.15) is 41.2 Å². The molecule has 0 spiro atoms. The van der Waals surface area contributed by atoms with Crippen molar-refractivity contribution in [3.63, 3.8) is 0 Å². The first kappa shape index (κ1) is 23.6. The Labute approximate surface area is 200 Å². The van der Waals surface area contributed by atoms with Gasteiger partial charge in [0.25, 0.3) is 0 Å². The van der Waals surface area contributed by atoms with E-state index in [4.69, 9.17) is 9.47 Å². The van der Waals surface area contributed by atoms with Crippen molar-refractivity contribution in [3.05, 3.63) is 59.9 Å². The van der Waals surface area contributed by atoms with E-state index in [0.29, 0.717) is 22.8 Å². The van der Waals surface area contributed by atoms with Crippen LogP contribution in [0.3, 0.4) is 0 Å². The third kappa shape index (κ3) is 5.49. The number of aromatic nitrogens is 2. The second kappa shape index (κ2) is 10.1. The zero-order valence-electron chi connectivity index (χ0n) is 19.2. The van der Waals surface area contributed by atoms with Crippen molar-refractivity contribution in [1.82, 2.24) is 9.97 Å². The Morgan fingerprint density at radius 3 is 1.51 bits per heavy atom. The van der Waals surface area contributed by atoms with Crippen LogP contribution >= 0.6 is 0 Å². The second-order valence-electron chi connectivity index (χ2n) is 7.68. The Hall–Kier alpha value is -4.60. The van der Waals surface area contributed by atoms with Crippen molar-refractivity contribution in [1.29, 1.82) is 0 Å². The van der Waals surface area contributed by atoms with Crippen molar-refractivity contribution in [2.24, 2.45) is 0 Å². The zero-order chi connectivity index (χ0) is 24.9. The Balaban J connectivity index is 1.37. The van der Waals surface area contributed by atoms with Crippen LogP contribution < -0.4 is 10.6 Å². The van der Waals surface area contributed by atoms with Crippen LogP contribution in [0, 0.1) is 0 Å². The molecule has 2 aromatic heterocycles. The summed E-state index contributed by atoms with van der Waals surface area (Å²) in [4.78, 5) is 54.5. The SMILES string of the molecule is CCOC(=O)c1cc2cc(NC(=O)CC(=O)Nc3ccc4[nH]c(C(=O)OCC)cc4c3)ccc2[nH]1. The van der Waals surface area contributed by atoms with Gasteiger partial charge in [0.15, 0.2) is 0 Å². The molecule has 0 saturated carbocycles. The summed E-state index contributed by atoms with van der Waals surface area (Å²) in [7, 11) is 0. The number of carbonyl (C=O) groups excluding carboxylic acids is 4. The van der Waals surface area contributed by atoms with Gasteiger partial charge in [-0.2, -0.15) is 0 Å². The molecule has 0 saturated heterocycles. The third-order valence-electron chi connectivity index (χ3n) is 5.12. The lowest BCUT2D eigenvalue weighted by Crippen LogP contribution is -2.21. The number of ether oxygens (including phenoxy) is 2. The number of hydrogen-bond donors (Lipinski definition) is 4. The number of anilines is 2. The predicted molar refractivity (Wildman–Crippen MR) is 130 cm³/mol. The summed E-state index contributed by atoms with van der Waals surface area (Å²) in [6.07, 6.45) is -0.390. The lowest BCUT2D eigenvalue weighted by atomic mass is 10.2. The molecule has 4 aromatic rings. The van der Waals surface area contributed by atoms with Crippen LogP contribution in [0.15, 0.2) is 48.5 Å². The van der Waals surface area contributed by atoms with E-state index in [2.05, 4.69) is 20.6 Å². The summed E-state index contributed by atoms with van der Waals surface area (Å²) in [6, 6.07) is 13.5. The second-order valence-corrected chi connectivity index (χ2v) is 7.68. The molecule has 0 aliphatic heterocycles. The Kier molecular flexibility index (Phi) is 6.81. The van der Waals surface area contributed by atoms with Crippen LogP contribution in [0.5, 0.6) is 0 Å². The summed E-state index contributed by atoms with van der Waals surface area (Å²) < 4.78 is 9.97. The van der Waals surface area contributed by atoms with Gasteiger partial charge in [-0.3, -0.25) is 9.59 Å². The molecule has 10 nitrogen and oxygen atoms in total. The maximum atomic E-state index is 12.4. The fraction of sp³-hybridized carbons (Fsp3) is 0.200. The molecule has 35 heavy (non-hydrogen) atoms. The topological polar surface area (TPSA) is 142 Å². The van der Waals surface area contributed by atoms with Gasteiger partial charge in [-0.25, -0.2) is 9.59 Å². The fourth-order valence-electron chi connectivity index (χ4n) is 3.61. The molecule has 0 aliphatic rings. The highest BCUT2D eigenvalue weighted by molar-refractivity contribution is 6.09. The molecule has 0 unspecified atom stereocenters. The molecular formula is C25H24N4O6. The van der Waals surface area contributed by atoms with Gasteiger partial charge in [0, 0.05) is 33.2 Å². The van der Waals surface area contributed by atoms with E-state index in [9.17, 15) is 19.2 Å². The van der Waals surface area contributed by atoms with Gasteiger partial charge in [-0.05, 0) is 62.4 Å². The molecule has 4 rings (SSSR count). The molecular weight excluding hydrogens is 452 g/mol. The first-order valence-electron chi connectivity index (χ1n) is 11.1. The number of carbonyl (C=O) groups is 4. The Bertz CT molecular complexity index is 1330. The number of H-pyrrole nitrogens is 2. The average molecular weight is 476 g/mol. The van der Waals surface area contributed by atoms with Gasteiger partial charge in [0.1, 0.15) is 17.8 Å². The molecule has 180 valence electrons. The van der Waals surface area contributed by atoms with Crippen molar-refractivity contribution < 1.29 is 28.7 Å². The van der Waals surface area contributed by atoms with E-state index in [0.717, 1.165) is 21.8 Å². The normalized spacial score (nSPS) is 10.8. The molecule has 0 atom stereocenters. The highest BCUT2D eigenvalue weighted by Crippen LogP contribution is 2.22. The minimum absolute atomic E-state index is 0.269. The lowest BCUT2D eigenvalue weighted by molar-refractivity contribution is -0.123. The first-order valence-corrected chi connectivity index (χ1v) is 11.1. The van der Waals surface area contributed by atoms with Gasteiger partial charge in [-0.15, -0.1) is 0 Å². The van der Waals surface area contributed by atoms with Gasteiger partial charge >= 0.3 is 11.9 Å². The number of fused-ring (bicyclic) bond motifs is 2. The average Bonchev–Trinajstić information content (AvgIpc) is 3.43. The number of esters is 2. The molecule has 2 amide bonds. The van der Waals surface area contributed by atoms with E-state index in [1.165, 1.54) is 0 Å². The number of hydrogen-bond acceptors (Lipinski definition) is 6. The minimum atomic E-state index is -0.490. The highest BCUT2D eigenvalue weighted by Gasteiger charge is 2.14. The minimum Gasteiger partial charge on any atom is -0.461 e. The molecule has 4 N–H and O–H groups in total. The van der Waals surface area contributed by atoms with E-state index >= 15 is 0 Å². The maximum Gasteiger partial charge on any atom is 0.354 e. The van der Waals surface area contributed by atoms with Crippen LogP contribution in [0.2, 0.25) is 0 Å². The molecule has 2 aromatic carbocycles. The number of amides is 2. The van der Waals surface area contributed by atoms with Gasteiger partial charge in [0.05, 0.1) is 13.2 Å². The summed E-state index contributed by atoms with van der Waals surface area (Å²) in [6.45, 7) is 3.99. The van der Waals surface area contributed by atoms with Gasteiger partial charge < -0.3 is 30.1 Å². The zero-order valence-corrected chi connectivity index (χ0v) is 19.2. The van der Waals surface area contributed by atoms with Crippen molar-refractivity contribution in [2.45, 2.75) is 20.3 Å². The van der Waals surface area contributed by atoms with E-state index in [1.54, 1.807) is 62.4 Å². The number of nitrogens with one attached hydrogen (secondary N) is 4. The highest BCUT2D eigenvalue weighted by atomic mass is 16.5. The van der Waals surface area contributed by atoms with E-state index in [-0.39, 0.29) is 13.2 Å². The third-order valence-corrected chi connectivity index (χ3v) is 5.12. The fourth-order valence-corrected chi connectivity index (χ4v) is 3.61. The van der Waals surface area contributed by atoms with Gasteiger partial charge in [0.2, 0.25) is 11.8 Å². The Morgan fingerprint density at radius 1 is 0.686 bits per heavy atom. The maximum absolute atomic E-state index is 12.4. The van der Waals surface area contributed by atoms with E-state index < -0.39 is 30.2 Å². The quantitative estimate of drug-likeness (QED) is 0.224. The number of rotatable bonds is 8. The largest absolute Gasteiger partial charge is 0.461 e. The van der Waals surface area contributed by atoms with Crippen molar-refractivity contribution in [2.75, 3.05) is 23.8 Å². The van der Waals surface area contributed by atoms with Crippen LogP contribution in [-0.4, -0.2) is 46.9 Å². The Morgan fingerprint density at radius 2 is 1.11 bits per heavy atom. The number of benzene rings is 2. The monoisotopic (exact) mass is 476 g/mol. The molecule has 0 bridgehead atoms. The first-order chi connectivity index (χ1) is 16.9. The summed E-state index contributed by atoms with van der Waals surface area (Å²) in [5.41, 5.74) is 3.05. The predicted octanol–water partition coefficient (Wildman–Crippen LogP) is 3.97.